The fourth-order valence-corrected chi connectivity index (χ4v) is 2.50. The average Bonchev–Trinajstić information content (AvgIpc) is 2.55. The minimum absolute atomic E-state index is 0.122. The Morgan fingerprint density at radius 3 is 2.62 bits per heavy atom. The van der Waals surface area contributed by atoms with Gasteiger partial charge in [0.1, 0.15) is 5.75 Å². The molecule has 0 heterocycles. The number of carbonyl (C=O) groups is 2. The molecule has 0 bridgehead atoms. The van der Waals surface area contributed by atoms with Crippen molar-refractivity contribution in [2.75, 3.05) is 12.4 Å². The highest BCUT2D eigenvalue weighted by molar-refractivity contribution is 5.93. The molecule has 0 aliphatic rings. The molecule has 0 atom stereocenters. The van der Waals surface area contributed by atoms with Crippen LogP contribution in [-0.2, 0) is 11.2 Å². The van der Waals surface area contributed by atoms with Crippen LogP contribution >= 0.6 is 0 Å². The van der Waals surface area contributed by atoms with Crippen LogP contribution in [0.25, 0.3) is 0 Å². The number of hydrogen-bond acceptors (Lipinski definition) is 3. The van der Waals surface area contributed by atoms with Gasteiger partial charge in [0, 0.05) is 12.1 Å². The molecule has 1 amide bonds. The number of methoxy groups -OCH3 is 1. The molecule has 24 heavy (non-hydrogen) atoms. The van der Waals surface area contributed by atoms with Gasteiger partial charge in [-0.3, -0.25) is 4.79 Å². The highest BCUT2D eigenvalue weighted by atomic mass is 16.5. The van der Waals surface area contributed by atoms with Crippen molar-refractivity contribution in [1.82, 2.24) is 0 Å². The second kappa shape index (κ2) is 8.15. The molecule has 2 aromatic carbocycles. The van der Waals surface area contributed by atoms with Crippen molar-refractivity contribution in [3.63, 3.8) is 0 Å². The van der Waals surface area contributed by atoms with Gasteiger partial charge in [-0.05, 0) is 55.2 Å². The molecule has 0 saturated carbocycles. The number of amides is 1. The number of carboxylic acid groups (broad SMARTS) is 1. The van der Waals surface area contributed by atoms with E-state index in [2.05, 4.69) is 11.4 Å². The summed E-state index contributed by atoms with van der Waals surface area (Å²) in [6, 6.07) is 12.2. The van der Waals surface area contributed by atoms with Gasteiger partial charge in [-0.15, -0.1) is 0 Å². The summed E-state index contributed by atoms with van der Waals surface area (Å²) in [5, 5.41) is 11.7. The fraction of sp³-hybridized carbons (Fsp3) is 0.263. The number of hydrogen-bond donors (Lipinski definition) is 2. The van der Waals surface area contributed by atoms with Crippen LogP contribution in [0.1, 0.15) is 34.3 Å². The van der Waals surface area contributed by atoms with Gasteiger partial charge in [-0.2, -0.15) is 0 Å². The number of nitrogens with one attached hydrogen (secondary N) is 1. The van der Waals surface area contributed by atoms with Crippen molar-refractivity contribution >= 4 is 17.6 Å². The van der Waals surface area contributed by atoms with Crippen molar-refractivity contribution < 1.29 is 19.4 Å². The molecule has 5 nitrogen and oxygen atoms in total. The van der Waals surface area contributed by atoms with Gasteiger partial charge in [0.05, 0.1) is 12.7 Å². The number of rotatable bonds is 7. The lowest BCUT2D eigenvalue weighted by molar-refractivity contribution is -0.116. The monoisotopic (exact) mass is 327 g/mol. The van der Waals surface area contributed by atoms with Crippen LogP contribution in [0.5, 0.6) is 5.75 Å². The Hall–Kier alpha value is -2.82. The van der Waals surface area contributed by atoms with Gasteiger partial charge in [-0.25, -0.2) is 4.79 Å². The van der Waals surface area contributed by atoms with E-state index in [0.717, 1.165) is 29.7 Å². The zero-order valence-corrected chi connectivity index (χ0v) is 13.8. The van der Waals surface area contributed by atoms with E-state index in [4.69, 9.17) is 9.84 Å². The molecule has 0 aromatic heterocycles. The normalized spacial score (nSPS) is 10.2. The lowest BCUT2D eigenvalue weighted by atomic mass is 10.0. The number of aryl methyl sites for hydroxylation is 2. The summed E-state index contributed by atoms with van der Waals surface area (Å²) in [4.78, 5) is 22.9. The molecule has 0 aliphatic heterocycles. The number of carbonyl (C=O) groups excluding carboxylic acids is 1. The van der Waals surface area contributed by atoms with Crippen LogP contribution in [0.3, 0.4) is 0 Å². The molecular weight excluding hydrogens is 306 g/mol. The first kappa shape index (κ1) is 17.5. The van der Waals surface area contributed by atoms with Gasteiger partial charge >= 0.3 is 5.97 Å². The first-order valence-electron chi connectivity index (χ1n) is 7.76. The van der Waals surface area contributed by atoms with Crippen LogP contribution < -0.4 is 10.1 Å². The maximum atomic E-state index is 12.0. The van der Waals surface area contributed by atoms with E-state index in [1.807, 2.05) is 19.1 Å². The van der Waals surface area contributed by atoms with E-state index in [1.165, 1.54) is 12.1 Å². The van der Waals surface area contributed by atoms with E-state index in [1.54, 1.807) is 19.2 Å². The van der Waals surface area contributed by atoms with E-state index in [9.17, 15) is 9.59 Å². The minimum atomic E-state index is -1.01. The lowest BCUT2D eigenvalue weighted by Gasteiger charge is -2.08. The zero-order chi connectivity index (χ0) is 17.5. The van der Waals surface area contributed by atoms with Crippen molar-refractivity contribution in [2.45, 2.75) is 26.2 Å². The van der Waals surface area contributed by atoms with E-state index in [0.29, 0.717) is 12.1 Å². The summed E-state index contributed by atoms with van der Waals surface area (Å²) in [6.45, 7) is 1.99. The molecule has 2 rings (SSSR count). The third-order valence-electron chi connectivity index (χ3n) is 3.72. The molecule has 5 heteroatoms. The van der Waals surface area contributed by atoms with Crippen molar-refractivity contribution in [3.8, 4) is 5.75 Å². The molecule has 0 radical (unpaired) electrons. The Morgan fingerprint density at radius 2 is 1.96 bits per heavy atom. The zero-order valence-electron chi connectivity index (χ0n) is 13.8. The van der Waals surface area contributed by atoms with Crippen molar-refractivity contribution in [2.24, 2.45) is 0 Å². The van der Waals surface area contributed by atoms with Gasteiger partial charge in [0.25, 0.3) is 0 Å². The largest absolute Gasteiger partial charge is 0.496 e. The molecule has 0 saturated heterocycles. The van der Waals surface area contributed by atoms with E-state index < -0.39 is 5.97 Å². The summed E-state index contributed by atoms with van der Waals surface area (Å²) in [6.07, 6.45) is 1.89. The molecule has 2 aromatic rings. The maximum Gasteiger partial charge on any atom is 0.335 e. The summed E-state index contributed by atoms with van der Waals surface area (Å²) < 4.78 is 5.23. The Balaban J connectivity index is 1.84. The second-order valence-electron chi connectivity index (χ2n) is 5.59. The molecule has 0 fully saturated rings. The summed E-state index contributed by atoms with van der Waals surface area (Å²) in [5.74, 6) is -0.279. The highest BCUT2D eigenvalue weighted by Crippen LogP contribution is 2.19. The fourth-order valence-electron chi connectivity index (χ4n) is 2.50. The second-order valence-corrected chi connectivity index (χ2v) is 5.59. The molecule has 0 unspecified atom stereocenters. The summed E-state index contributed by atoms with van der Waals surface area (Å²) in [7, 11) is 1.64. The Bertz CT molecular complexity index is 740. The number of ether oxygens (including phenoxy) is 1. The number of benzene rings is 2. The van der Waals surface area contributed by atoms with Gasteiger partial charge < -0.3 is 15.2 Å². The predicted octanol–water partition coefficient (Wildman–Crippen LogP) is 3.66. The molecule has 0 aliphatic carbocycles. The van der Waals surface area contributed by atoms with Crippen molar-refractivity contribution in [1.29, 1.82) is 0 Å². The summed E-state index contributed by atoms with van der Waals surface area (Å²) in [5.41, 5.74) is 2.89. The topological polar surface area (TPSA) is 75.6 Å². The maximum absolute atomic E-state index is 12.0. The minimum Gasteiger partial charge on any atom is -0.496 e. The quantitative estimate of drug-likeness (QED) is 0.813. The first-order chi connectivity index (χ1) is 11.5. The van der Waals surface area contributed by atoms with E-state index in [-0.39, 0.29) is 11.5 Å². The highest BCUT2D eigenvalue weighted by Gasteiger charge is 2.07. The van der Waals surface area contributed by atoms with Crippen LogP contribution in [0, 0.1) is 6.92 Å². The smallest absolute Gasteiger partial charge is 0.335 e. The molecule has 126 valence electrons. The number of carboxylic acids is 1. The molecule has 0 spiro atoms. The average molecular weight is 327 g/mol. The van der Waals surface area contributed by atoms with Crippen LogP contribution in [0.2, 0.25) is 0 Å². The van der Waals surface area contributed by atoms with Crippen LogP contribution in [0.15, 0.2) is 42.5 Å². The third kappa shape index (κ3) is 4.84. The van der Waals surface area contributed by atoms with Gasteiger partial charge in [0.2, 0.25) is 5.91 Å². The van der Waals surface area contributed by atoms with Gasteiger partial charge in [0.15, 0.2) is 0 Å². The van der Waals surface area contributed by atoms with Crippen molar-refractivity contribution in [3.05, 3.63) is 59.2 Å². The number of aromatic carboxylic acids is 1. The lowest BCUT2D eigenvalue weighted by Crippen LogP contribution is -2.12. The van der Waals surface area contributed by atoms with Crippen LogP contribution in [-0.4, -0.2) is 24.1 Å². The molecular formula is C19H21NO4. The van der Waals surface area contributed by atoms with Gasteiger partial charge in [-0.1, -0.05) is 18.2 Å². The third-order valence-corrected chi connectivity index (χ3v) is 3.72. The molecule has 2 N–H and O–H groups in total. The Morgan fingerprint density at radius 1 is 1.17 bits per heavy atom. The van der Waals surface area contributed by atoms with E-state index >= 15 is 0 Å². The number of anilines is 1. The Labute approximate surface area is 141 Å². The van der Waals surface area contributed by atoms with Crippen LogP contribution in [0.4, 0.5) is 5.69 Å². The Kier molecular flexibility index (Phi) is 5.95. The SMILES string of the molecule is COc1ccc(CCCC(=O)Nc2cccc(C(=O)O)c2)cc1C. The predicted molar refractivity (Wildman–Crippen MR) is 92.7 cm³/mol. The summed E-state index contributed by atoms with van der Waals surface area (Å²) >= 11 is 0. The standard InChI is InChI=1S/C19H21NO4/c1-13-11-14(9-10-17(13)24-2)5-3-8-18(21)20-16-7-4-6-15(12-16)19(22)23/h4,6-7,9-12H,3,5,8H2,1-2H3,(H,20,21)(H,22,23). The first-order valence-corrected chi connectivity index (χ1v) is 7.76.